The zero-order valence-corrected chi connectivity index (χ0v) is 44.1. The van der Waals surface area contributed by atoms with Gasteiger partial charge >= 0.3 is 0 Å². The lowest BCUT2D eigenvalue weighted by Crippen LogP contribution is -2.14. The van der Waals surface area contributed by atoms with Crippen molar-refractivity contribution in [2.45, 2.75) is 19.3 Å². The Labute approximate surface area is 461 Å². The van der Waals surface area contributed by atoms with E-state index in [2.05, 4.69) is 315 Å². The molecule has 0 saturated heterocycles. The Bertz CT molecular complexity index is 4470. The molecule has 0 N–H and O–H groups in total. The Morgan fingerprint density at radius 3 is 1.19 bits per heavy atom. The Hall–Kier alpha value is -10.0. The first-order valence-corrected chi connectivity index (χ1v) is 27.5. The van der Waals surface area contributed by atoms with Crippen molar-refractivity contribution >= 4 is 60.4 Å². The zero-order chi connectivity index (χ0) is 52.6. The van der Waals surface area contributed by atoms with Crippen LogP contribution in [0.2, 0.25) is 0 Å². The summed E-state index contributed by atoms with van der Waals surface area (Å²) in [6.07, 6.45) is 0. The van der Waals surface area contributed by atoms with Crippen LogP contribution in [0.1, 0.15) is 25.0 Å². The first-order chi connectivity index (χ1) is 38.9. The molecular formula is C77H54N2. The molecule has 0 bridgehead atoms. The maximum atomic E-state index is 2.47. The average molecular weight is 1010 g/mol. The van der Waals surface area contributed by atoms with Crippen LogP contribution in [-0.4, -0.2) is 4.57 Å². The van der Waals surface area contributed by atoms with Gasteiger partial charge in [-0.2, -0.15) is 0 Å². The van der Waals surface area contributed by atoms with E-state index in [9.17, 15) is 0 Å². The van der Waals surface area contributed by atoms with Crippen molar-refractivity contribution in [3.8, 4) is 72.4 Å². The molecule has 0 aliphatic heterocycles. The van der Waals surface area contributed by atoms with Crippen LogP contribution in [0.4, 0.5) is 17.1 Å². The minimum absolute atomic E-state index is 0.0795. The van der Waals surface area contributed by atoms with E-state index in [-0.39, 0.29) is 5.41 Å². The van der Waals surface area contributed by atoms with Crippen LogP contribution in [0.15, 0.2) is 291 Å². The van der Waals surface area contributed by atoms with Crippen LogP contribution in [0.5, 0.6) is 0 Å². The number of fused-ring (bicyclic) bond motifs is 8. The lowest BCUT2D eigenvalue weighted by atomic mass is 9.80. The van der Waals surface area contributed by atoms with Crippen LogP contribution < -0.4 is 4.90 Å². The van der Waals surface area contributed by atoms with Crippen LogP contribution in [0, 0.1) is 0 Å². The molecule has 2 heteroatoms. The number of aromatic nitrogens is 1. The summed E-state index contributed by atoms with van der Waals surface area (Å²) in [4.78, 5) is 2.35. The zero-order valence-electron chi connectivity index (χ0n) is 44.1. The maximum Gasteiger partial charge on any atom is 0.0541 e. The summed E-state index contributed by atoms with van der Waals surface area (Å²) in [5, 5.41) is 7.52. The molecule has 2 nitrogen and oxygen atoms in total. The van der Waals surface area contributed by atoms with Gasteiger partial charge in [0.05, 0.1) is 11.0 Å². The first kappa shape index (κ1) is 46.3. The summed E-state index contributed by atoms with van der Waals surface area (Å²) in [6.45, 7) is 4.74. The summed E-state index contributed by atoms with van der Waals surface area (Å²) >= 11 is 0. The normalized spacial score (nSPS) is 12.5. The van der Waals surface area contributed by atoms with Crippen molar-refractivity contribution in [3.05, 3.63) is 302 Å². The molecular weight excluding hydrogens is 953 g/mol. The molecule has 372 valence electrons. The topological polar surface area (TPSA) is 8.17 Å². The molecule has 0 amide bonds. The molecule has 15 rings (SSSR count). The summed E-state index contributed by atoms with van der Waals surface area (Å²) in [5.41, 5.74) is 24.4. The Kier molecular flexibility index (Phi) is 10.9. The van der Waals surface area contributed by atoms with E-state index in [1.54, 1.807) is 0 Å². The smallest absolute Gasteiger partial charge is 0.0541 e. The van der Waals surface area contributed by atoms with Crippen molar-refractivity contribution in [1.29, 1.82) is 0 Å². The molecule has 0 unspecified atom stereocenters. The Balaban J connectivity index is 0.764. The van der Waals surface area contributed by atoms with Gasteiger partial charge in [-0.25, -0.2) is 0 Å². The van der Waals surface area contributed by atoms with E-state index in [1.807, 2.05) is 0 Å². The summed E-state index contributed by atoms with van der Waals surface area (Å²) in [7, 11) is 0. The van der Waals surface area contributed by atoms with Crippen molar-refractivity contribution in [2.24, 2.45) is 0 Å². The van der Waals surface area contributed by atoms with Gasteiger partial charge in [0.1, 0.15) is 0 Å². The van der Waals surface area contributed by atoms with Crippen molar-refractivity contribution in [2.75, 3.05) is 4.90 Å². The van der Waals surface area contributed by atoms with E-state index in [0.29, 0.717) is 0 Å². The molecule has 0 radical (unpaired) electrons. The lowest BCUT2D eigenvalue weighted by molar-refractivity contribution is 0.660. The summed E-state index contributed by atoms with van der Waals surface area (Å²) < 4.78 is 2.42. The average Bonchev–Trinajstić information content (AvgIpc) is 4.22. The molecule has 0 fully saturated rings. The molecule has 0 spiro atoms. The van der Waals surface area contributed by atoms with Crippen LogP contribution in [0.25, 0.3) is 116 Å². The molecule has 79 heavy (non-hydrogen) atoms. The predicted octanol–water partition coefficient (Wildman–Crippen LogP) is 21.2. The summed E-state index contributed by atoms with van der Waals surface area (Å²) in [5.74, 6) is 0. The quantitative estimate of drug-likeness (QED) is 0.131. The van der Waals surface area contributed by atoms with E-state index < -0.39 is 0 Å². The van der Waals surface area contributed by atoms with Crippen LogP contribution in [0.3, 0.4) is 0 Å². The number of para-hydroxylation sites is 1. The van der Waals surface area contributed by atoms with Crippen LogP contribution >= 0.6 is 0 Å². The summed E-state index contributed by atoms with van der Waals surface area (Å²) in [6, 6.07) is 107. The Morgan fingerprint density at radius 2 is 0.646 bits per heavy atom. The van der Waals surface area contributed by atoms with Gasteiger partial charge in [-0.05, 0) is 178 Å². The van der Waals surface area contributed by atoms with E-state index in [1.165, 1.54) is 121 Å². The number of rotatable bonds is 9. The molecule has 0 saturated carbocycles. The maximum absolute atomic E-state index is 2.47. The van der Waals surface area contributed by atoms with Gasteiger partial charge in [0.2, 0.25) is 0 Å². The Morgan fingerprint density at radius 1 is 0.266 bits per heavy atom. The molecule has 1 aromatic heterocycles. The predicted molar refractivity (Wildman–Crippen MR) is 335 cm³/mol. The highest BCUT2D eigenvalue weighted by atomic mass is 15.1. The first-order valence-electron chi connectivity index (χ1n) is 27.5. The van der Waals surface area contributed by atoms with E-state index in [0.717, 1.165) is 22.7 Å². The third-order valence-electron chi connectivity index (χ3n) is 16.8. The highest BCUT2D eigenvalue weighted by molar-refractivity contribution is 6.21. The molecule has 14 aromatic rings. The standard InChI is InChI=1S/C77H54N2/c1-77(2)71-29-17-16-24-63(71)64-45-36-58(50-72(64)77)76-67-27-14-12-25-65(67)75(66-26-13-15-28-68(66)76)55-32-30-53(31-33-55)54-34-39-60(40-35-54)78(59-22-10-5-11-23-59)61-41-43-62(44-42-61)79-73-46-37-56(51-18-6-3-7-19-51)48-69(73)70-49-57(38-47-74(70)79)52-20-8-4-9-21-52/h3-50H,1-2H3. The molecule has 13 aromatic carbocycles. The van der Waals surface area contributed by atoms with E-state index >= 15 is 0 Å². The second kappa shape index (κ2) is 18.6. The number of nitrogens with zero attached hydrogens (tertiary/aromatic N) is 2. The van der Waals surface area contributed by atoms with Gasteiger partial charge in [0.15, 0.2) is 0 Å². The minimum Gasteiger partial charge on any atom is -0.311 e. The molecule has 1 aliphatic carbocycles. The van der Waals surface area contributed by atoms with Crippen molar-refractivity contribution in [1.82, 2.24) is 4.57 Å². The number of hydrogen-bond donors (Lipinski definition) is 0. The number of benzene rings is 13. The van der Waals surface area contributed by atoms with Gasteiger partial charge < -0.3 is 9.47 Å². The van der Waals surface area contributed by atoms with Gasteiger partial charge in [0.25, 0.3) is 0 Å². The van der Waals surface area contributed by atoms with E-state index in [4.69, 9.17) is 0 Å². The highest BCUT2D eigenvalue weighted by Crippen LogP contribution is 2.52. The lowest BCUT2D eigenvalue weighted by Gasteiger charge is -2.26. The highest BCUT2D eigenvalue weighted by Gasteiger charge is 2.35. The molecule has 1 aliphatic rings. The SMILES string of the molecule is CC1(C)c2ccccc2-c2ccc(-c3c4ccccc4c(-c4ccc(-c5ccc(N(c6ccccc6)c6ccc(-n7c8ccc(-c9ccccc9)cc8c8cc(-c9ccccc9)ccc87)cc6)cc5)cc4)c4ccccc34)cc21. The third kappa shape index (κ3) is 7.71. The fraction of sp³-hybridized carbons (Fsp3) is 0.0390. The van der Waals surface area contributed by atoms with Gasteiger partial charge in [0, 0.05) is 38.9 Å². The molecule has 0 atom stereocenters. The van der Waals surface area contributed by atoms with Crippen molar-refractivity contribution in [3.63, 3.8) is 0 Å². The number of hydrogen-bond acceptors (Lipinski definition) is 1. The van der Waals surface area contributed by atoms with Gasteiger partial charge in [-0.3, -0.25) is 0 Å². The van der Waals surface area contributed by atoms with Gasteiger partial charge in [-0.15, -0.1) is 0 Å². The third-order valence-corrected chi connectivity index (χ3v) is 16.8. The minimum atomic E-state index is -0.0795. The fourth-order valence-electron chi connectivity index (χ4n) is 12.9. The largest absolute Gasteiger partial charge is 0.311 e. The van der Waals surface area contributed by atoms with Gasteiger partial charge in [-0.1, -0.05) is 226 Å². The molecule has 1 heterocycles. The second-order valence-electron chi connectivity index (χ2n) is 21.6. The van der Waals surface area contributed by atoms with Crippen LogP contribution in [-0.2, 0) is 5.41 Å². The monoisotopic (exact) mass is 1010 g/mol. The van der Waals surface area contributed by atoms with Crippen molar-refractivity contribution < 1.29 is 0 Å². The fourth-order valence-corrected chi connectivity index (χ4v) is 12.9. The second-order valence-corrected chi connectivity index (χ2v) is 21.6. The number of anilines is 3.